The lowest BCUT2D eigenvalue weighted by Crippen LogP contribution is -2.22. The summed E-state index contributed by atoms with van der Waals surface area (Å²) in [7, 11) is 0. The van der Waals surface area contributed by atoms with Crippen LogP contribution in [-0.4, -0.2) is 38.4 Å². The van der Waals surface area contributed by atoms with E-state index < -0.39 is 6.10 Å². The predicted molar refractivity (Wildman–Crippen MR) is 61.9 cm³/mol. The van der Waals surface area contributed by atoms with E-state index in [1.807, 2.05) is 30.3 Å². The smallest absolute Gasteiger partial charge is 0.293 e. The van der Waals surface area contributed by atoms with Gasteiger partial charge in [-0.25, -0.2) is 0 Å². The van der Waals surface area contributed by atoms with Crippen molar-refractivity contribution < 1.29 is 19.1 Å². The first-order valence-corrected chi connectivity index (χ1v) is 5.06. The minimum atomic E-state index is -0.544. The molecule has 0 aromatic heterocycles. The van der Waals surface area contributed by atoms with Gasteiger partial charge in [0.2, 0.25) is 0 Å². The second kappa shape index (κ2) is 8.04. The lowest BCUT2D eigenvalue weighted by molar-refractivity contribution is -0.141. The largest absolute Gasteiger partial charge is 0.464 e. The Bertz CT molecular complexity index is 364. The molecule has 90 valence electrons. The van der Waals surface area contributed by atoms with E-state index in [2.05, 4.69) is 9.73 Å². The first-order chi connectivity index (χ1) is 8.36. The molecule has 0 saturated carbocycles. The first-order valence-electron chi connectivity index (χ1n) is 5.06. The Hall–Kier alpha value is -2.17. The Morgan fingerprint density at radius 1 is 1.18 bits per heavy atom. The van der Waals surface area contributed by atoms with E-state index in [-0.39, 0.29) is 13.2 Å². The Morgan fingerprint density at radius 2 is 1.94 bits per heavy atom. The highest BCUT2D eigenvalue weighted by molar-refractivity contribution is 5.79. The van der Waals surface area contributed by atoms with Crippen LogP contribution in [0.25, 0.3) is 0 Å². The molecule has 1 aromatic carbocycles. The van der Waals surface area contributed by atoms with E-state index in [4.69, 9.17) is 4.74 Å². The van der Waals surface area contributed by atoms with Crippen molar-refractivity contribution in [2.24, 2.45) is 4.99 Å². The van der Waals surface area contributed by atoms with Crippen molar-refractivity contribution in [2.75, 3.05) is 13.2 Å². The molecule has 0 bridgehead atoms. The third-order valence-corrected chi connectivity index (χ3v) is 1.95. The maximum Gasteiger partial charge on any atom is 0.293 e. The topological polar surface area (TPSA) is 65.0 Å². The third-order valence-electron chi connectivity index (χ3n) is 1.95. The number of rotatable bonds is 8. The zero-order valence-corrected chi connectivity index (χ0v) is 9.19. The van der Waals surface area contributed by atoms with E-state index in [9.17, 15) is 9.59 Å². The maximum absolute atomic E-state index is 10.2. The molecule has 1 unspecified atom stereocenters. The summed E-state index contributed by atoms with van der Waals surface area (Å²) < 4.78 is 9.22. The van der Waals surface area contributed by atoms with Gasteiger partial charge in [0.25, 0.3) is 12.9 Å². The molecule has 1 atom stereocenters. The molecule has 5 heteroatoms. The molecule has 1 aromatic rings. The fraction of sp³-hybridized carbons (Fsp3) is 0.250. The zero-order valence-electron chi connectivity index (χ0n) is 9.19. The van der Waals surface area contributed by atoms with Gasteiger partial charge in [-0.2, -0.15) is 0 Å². The molecule has 0 heterocycles. The van der Waals surface area contributed by atoms with Crippen LogP contribution in [0.3, 0.4) is 0 Å². The summed E-state index contributed by atoms with van der Waals surface area (Å²) in [6, 6.07) is 9.52. The second-order valence-corrected chi connectivity index (χ2v) is 3.19. The molecule has 0 aliphatic rings. The fourth-order valence-corrected chi connectivity index (χ4v) is 1.17. The molecule has 0 aliphatic heterocycles. The molecule has 0 fully saturated rings. The van der Waals surface area contributed by atoms with Crippen LogP contribution in [0.5, 0.6) is 0 Å². The van der Waals surface area contributed by atoms with Crippen molar-refractivity contribution in [1.29, 1.82) is 0 Å². The molecular weight excluding hydrogens is 222 g/mol. The zero-order chi connectivity index (χ0) is 12.3. The molecule has 17 heavy (non-hydrogen) atoms. The quantitative estimate of drug-likeness (QED) is 0.494. The van der Waals surface area contributed by atoms with Crippen LogP contribution in [0.1, 0.15) is 5.56 Å². The van der Waals surface area contributed by atoms with Crippen molar-refractivity contribution in [3.8, 4) is 0 Å². The molecule has 0 saturated heterocycles. The Morgan fingerprint density at radius 3 is 2.59 bits per heavy atom. The number of nitrogens with zero attached hydrogens (tertiary/aromatic N) is 1. The summed E-state index contributed by atoms with van der Waals surface area (Å²) in [5.74, 6) is 0. The standard InChI is InChI=1S/C12H13NO4/c14-9-16-8-12(17-10-15)7-13-6-11-4-2-1-3-5-11/h1-6,9-10,12H,7-8H2. The summed E-state index contributed by atoms with van der Waals surface area (Å²) in [6.45, 7) is 0.884. The number of carbonyl (C=O) groups is 2. The molecule has 0 N–H and O–H groups in total. The van der Waals surface area contributed by atoms with Crippen LogP contribution in [0, 0.1) is 0 Å². The monoisotopic (exact) mass is 235 g/mol. The van der Waals surface area contributed by atoms with Gasteiger partial charge >= 0.3 is 0 Å². The molecule has 0 amide bonds. The van der Waals surface area contributed by atoms with Crippen LogP contribution in [-0.2, 0) is 19.1 Å². The number of hydrogen-bond acceptors (Lipinski definition) is 5. The van der Waals surface area contributed by atoms with Crippen LogP contribution in [0.15, 0.2) is 35.3 Å². The van der Waals surface area contributed by atoms with Crippen molar-refractivity contribution in [3.63, 3.8) is 0 Å². The fourth-order valence-electron chi connectivity index (χ4n) is 1.17. The van der Waals surface area contributed by atoms with Gasteiger partial charge in [-0.1, -0.05) is 30.3 Å². The van der Waals surface area contributed by atoms with Gasteiger partial charge in [-0.15, -0.1) is 0 Å². The molecule has 1 rings (SSSR count). The summed E-state index contributed by atoms with van der Waals surface area (Å²) in [5.41, 5.74) is 0.952. The van der Waals surface area contributed by atoms with Crippen molar-refractivity contribution in [1.82, 2.24) is 0 Å². The SMILES string of the molecule is O=COCC(CN=Cc1ccccc1)OC=O. The van der Waals surface area contributed by atoms with E-state index >= 15 is 0 Å². The van der Waals surface area contributed by atoms with E-state index in [1.165, 1.54) is 0 Å². The summed E-state index contributed by atoms with van der Waals surface area (Å²) in [6.07, 6.45) is 1.12. The number of hydrogen-bond donors (Lipinski definition) is 0. The minimum absolute atomic E-state index is 0.00830. The van der Waals surface area contributed by atoms with Gasteiger partial charge in [-0.3, -0.25) is 14.6 Å². The molecular formula is C12H13NO4. The van der Waals surface area contributed by atoms with Gasteiger partial charge in [0.05, 0.1) is 6.54 Å². The van der Waals surface area contributed by atoms with Gasteiger partial charge in [0.15, 0.2) is 6.10 Å². The van der Waals surface area contributed by atoms with Gasteiger partial charge in [0, 0.05) is 6.21 Å². The lowest BCUT2D eigenvalue weighted by Gasteiger charge is -2.10. The Balaban J connectivity index is 2.42. The van der Waals surface area contributed by atoms with Crippen LogP contribution in [0.4, 0.5) is 0 Å². The number of carbonyl (C=O) groups excluding carboxylic acids is 2. The third kappa shape index (κ3) is 5.46. The van der Waals surface area contributed by atoms with Crippen LogP contribution < -0.4 is 0 Å². The highest BCUT2D eigenvalue weighted by Gasteiger charge is 2.08. The predicted octanol–water partition coefficient (Wildman–Crippen LogP) is 0.820. The van der Waals surface area contributed by atoms with Crippen LogP contribution >= 0.6 is 0 Å². The summed E-state index contributed by atoms with van der Waals surface area (Å²) in [5, 5.41) is 0. The van der Waals surface area contributed by atoms with E-state index in [0.29, 0.717) is 12.9 Å². The van der Waals surface area contributed by atoms with Gasteiger partial charge in [0.1, 0.15) is 6.61 Å². The minimum Gasteiger partial charge on any atom is -0.464 e. The van der Waals surface area contributed by atoms with Crippen LogP contribution in [0.2, 0.25) is 0 Å². The number of aliphatic imine (C=N–C) groups is 1. The number of ether oxygens (including phenoxy) is 2. The number of benzene rings is 1. The second-order valence-electron chi connectivity index (χ2n) is 3.19. The van der Waals surface area contributed by atoms with Crippen molar-refractivity contribution in [3.05, 3.63) is 35.9 Å². The Kier molecular flexibility index (Phi) is 6.10. The molecule has 0 spiro atoms. The highest BCUT2D eigenvalue weighted by Crippen LogP contribution is 1.96. The highest BCUT2D eigenvalue weighted by atomic mass is 16.6. The molecule has 5 nitrogen and oxygen atoms in total. The van der Waals surface area contributed by atoms with Gasteiger partial charge < -0.3 is 9.47 Å². The average molecular weight is 235 g/mol. The summed E-state index contributed by atoms with van der Waals surface area (Å²) >= 11 is 0. The lowest BCUT2D eigenvalue weighted by atomic mass is 10.2. The van der Waals surface area contributed by atoms with E-state index in [0.717, 1.165) is 5.56 Å². The first kappa shape index (κ1) is 12.9. The normalized spacial score (nSPS) is 12.0. The molecule has 0 radical (unpaired) electrons. The maximum atomic E-state index is 10.2. The van der Waals surface area contributed by atoms with Crippen molar-refractivity contribution >= 4 is 19.2 Å². The molecule has 0 aliphatic carbocycles. The summed E-state index contributed by atoms with van der Waals surface area (Å²) in [4.78, 5) is 24.3. The van der Waals surface area contributed by atoms with E-state index in [1.54, 1.807) is 6.21 Å². The Labute approximate surface area is 99.1 Å². The van der Waals surface area contributed by atoms with Crippen molar-refractivity contribution in [2.45, 2.75) is 6.10 Å². The van der Waals surface area contributed by atoms with Gasteiger partial charge in [-0.05, 0) is 5.56 Å². The average Bonchev–Trinajstić information content (AvgIpc) is 2.37.